The molecule has 19 heavy (non-hydrogen) atoms. The zero-order valence-corrected chi connectivity index (χ0v) is 11.3. The molecule has 102 valence electrons. The summed E-state index contributed by atoms with van der Waals surface area (Å²) in [5, 5.41) is 11.8. The summed E-state index contributed by atoms with van der Waals surface area (Å²) in [5.74, 6) is -0.792. The monoisotopic (exact) mass is 261 g/mol. The van der Waals surface area contributed by atoms with Crippen molar-refractivity contribution in [1.29, 1.82) is 0 Å². The molecule has 4 heteroatoms. The van der Waals surface area contributed by atoms with Crippen LogP contribution in [0.15, 0.2) is 18.2 Å². The first-order chi connectivity index (χ1) is 8.97. The number of hydrogen-bond acceptors (Lipinski definition) is 2. The Labute approximate surface area is 112 Å². The number of aliphatic carboxylic acids is 1. The van der Waals surface area contributed by atoms with Gasteiger partial charge in [0.1, 0.15) is 6.04 Å². The molecule has 1 aliphatic carbocycles. The van der Waals surface area contributed by atoms with E-state index in [1.165, 1.54) is 0 Å². The van der Waals surface area contributed by atoms with E-state index in [-0.39, 0.29) is 5.91 Å². The smallest absolute Gasteiger partial charge is 0.326 e. The Morgan fingerprint density at radius 1 is 1.37 bits per heavy atom. The minimum Gasteiger partial charge on any atom is -0.480 e. The number of benzene rings is 1. The summed E-state index contributed by atoms with van der Waals surface area (Å²) in [7, 11) is 0. The summed E-state index contributed by atoms with van der Waals surface area (Å²) in [5.41, 5.74) is 2.41. The lowest BCUT2D eigenvalue weighted by atomic mass is 10.0. The average molecular weight is 261 g/mol. The van der Waals surface area contributed by atoms with Crippen molar-refractivity contribution >= 4 is 11.9 Å². The molecule has 4 nitrogen and oxygen atoms in total. The third-order valence-electron chi connectivity index (χ3n) is 3.51. The Morgan fingerprint density at radius 2 is 2.05 bits per heavy atom. The van der Waals surface area contributed by atoms with Crippen molar-refractivity contribution in [3.05, 3.63) is 34.9 Å². The Kier molecular flexibility index (Phi) is 3.88. The molecule has 1 fully saturated rings. The number of carboxylic acid groups (broad SMARTS) is 1. The lowest BCUT2D eigenvalue weighted by Gasteiger charge is -2.15. The van der Waals surface area contributed by atoms with Crippen LogP contribution in [0.25, 0.3) is 0 Å². The predicted molar refractivity (Wildman–Crippen MR) is 72.1 cm³/mol. The highest BCUT2D eigenvalue weighted by atomic mass is 16.4. The van der Waals surface area contributed by atoms with Crippen LogP contribution >= 0.6 is 0 Å². The number of nitrogens with one attached hydrogen (secondary N) is 1. The van der Waals surface area contributed by atoms with Crippen LogP contribution < -0.4 is 5.32 Å². The van der Waals surface area contributed by atoms with Gasteiger partial charge in [-0.15, -0.1) is 0 Å². The molecule has 1 unspecified atom stereocenters. The minimum atomic E-state index is -0.953. The molecule has 0 bridgehead atoms. The molecular formula is C15H19NO3. The van der Waals surface area contributed by atoms with Crippen LogP contribution in [0, 0.1) is 19.8 Å². The van der Waals surface area contributed by atoms with Crippen molar-refractivity contribution in [3.8, 4) is 0 Å². The molecule has 0 spiro atoms. The molecule has 1 aromatic carbocycles. The van der Waals surface area contributed by atoms with E-state index in [0.29, 0.717) is 17.9 Å². The van der Waals surface area contributed by atoms with Gasteiger partial charge in [-0.2, -0.15) is 0 Å². The molecule has 0 saturated heterocycles. The van der Waals surface area contributed by atoms with Gasteiger partial charge in [0, 0.05) is 5.56 Å². The van der Waals surface area contributed by atoms with E-state index in [1.807, 2.05) is 26.0 Å². The van der Waals surface area contributed by atoms with Crippen LogP contribution in [-0.2, 0) is 4.79 Å². The maximum Gasteiger partial charge on any atom is 0.326 e. The summed E-state index contributed by atoms with van der Waals surface area (Å²) in [6.07, 6.45) is 2.68. The van der Waals surface area contributed by atoms with Gasteiger partial charge >= 0.3 is 5.97 Å². The first kappa shape index (κ1) is 13.6. The number of carboxylic acids is 1. The SMILES string of the molecule is Cc1ccc(C)c(C(=O)NC(CC2CC2)C(=O)O)c1. The maximum absolute atomic E-state index is 12.2. The third kappa shape index (κ3) is 3.56. The van der Waals surface area contributed by atoms with Crippen molar-refractivity contribution < 1.29 is 14.7 Å². The Balaban J connectivity index is 2.09. The second-order valence-electron chi connectivity index (χ2n) is 5.36. The number of rotatable bonds is 5. The molecule has 2 rings (SSSR count). The van der Waals surface area contributed by atoms with E-state index < -0.39 is 12.0 Å². The summed E-state index contributed by atoms with van der Waals surface area (Å²) in [4.78, 5) is 23.3. The van der Waals surface area contributed by atoms with Crippen molar-refractivity contribution in [3.63, 3.8) is 0 Å². The van der Waals surface area contributed by atoms with Crippen LogP contribution in [0.3, 0.4) is 0 Å². The summed E-state index contributed by atoms with van der Waals surface area (Å²) < 4.78 is 0. The average Bonchev–Trinajstić information content (AvgIpc) is 3.15. The zero-order chi connectivity index (χ0) is 14.0. The molecule has 1 saturated carbocycles. The molecule has 1 atom stereocenters. The van der Waals surface area contributed by atoms with Crippen LogP contribution in [0.1, 0.15) is 40.7 Å². The second-order valence-corrected chi connectivity index (χ2v) is 5.36. The van der Waals surface area contributed by atoms with Gasteiger partial charge in [-0.05, 0) is 37.8 Å². The van der Waals surface area contributed by atoms with Gasteiger partial charge in [-0.25, -0.2) is 4.79 Å². The van der Waals surface area contributed by atoms with Crippen molar-refractivity contribution in [2.45, 2.75) is 39.2 Å². The normalized spacial score (nSPS) is 15.9. The Bertz CT molecular complexity index is 506. The van der Waals surface area contributed by atoms with Crippen LogP contribution in [0.2, 0.25) is 0 Å². The lowest BCUT2D eigenvalue weighted by molar-refractivity contribution is -0.139. The van der Waals surface area contributed by atoms with E-state index in [1.54, 1.807) is 6.07 Å². The Morgan fingerprint density at radius 3 is 2.63 bits per heavy atom. The minimum absolute atomic E-state index is 0.297. The molecule has 0 radical (unpaired) electrons. The van der Waals surface area contributed by atoms with Gasteiger partial charge in [0.05, 0.1) is 0 Å². The van der Waals surface area contributed by atoms with Crippen LogP contribution in [0.5, 0.6) is 0 Å². The standard InChI is InChI=1S/C15H19NO3/c1-9-3-4-10(2)12(7-9)14(17)16-13(15(18)19)8-11-5-6-11/h3-4,7,11,13H,5-6,8H2,1-2H3,(H,16,17)(H,18,19). The maximum atomic E-state index is 12.2. The highest BCUT2D eigenvalue weighted by molar-refractivity contribution is 5.97. The van der Waals surface area contributed by atoms with Gasteiger partial charge in [0.2, 0.25) is 0 Å². The number of aryl methyl sites for hydroxylation is 2. The molecule has 0 heterocycles. The molecule has 1 aromatic rings. The topological polar surface area (TPSA) is 66.4 Å². The number of amides is 1. The van der Waals surface area contributed by atoms with Gasteiger partial charge in [-0.1, -0.05) is 30.5 Å². The van der Waals surface area contributed by atoms with Gasteiger partial charge in [0.15, 0.2) is 0 Å². The number of hydrogen-bond donors (Lipinski definition) is 2. The molecule has 2 N–H and O–H groups in total. The summed E-state index contributed by atoms with van der Waals surface area (Å²) in [6.45, 7) is 3.76. The summed E-state index contributed by atoms with van der Waals surface area (Å²) >= 11 is 0. The van der Waals surface area contributed by atoms with Crippen molar-refractivity contribution in [2.24, 2.45) is 5.92 Å². The third-order valence-corrected chi connectivity index (χ3v) is 3.51. The van der Waals surface area contributed by atoms with Crippen LogP contribution in [-0.4, -0.2) is 23.0 Å². The summed E-state index contributed by atoms with van der Waals surface area (Å²) in [6, 6.07) is 4.83. The zero-order valence-electron chi connectivity index (χ0n) is 11.3. The fraction of sp³-hybridized carbons (Fsp3) is 0.467. The fourth-order valence-corrected chi connectivity index (χ4v) is 2.12. The Hall–Kier alpha value is -1.84. The van der Waals surface area contributed by atoms with E-state index in [2.05, 4.69) is 5.32 Å². The van der Waals surface area contributed by atoms with E-state index >= 15 is 0 Å². The van der Waals surface area contributed by atoms with Crippen LogP contribution in [0.4, 0.5) is 0 Å². The molecule has 1 aliphatic rings. The predicted octanol–water partition coefficient (Wildman–Crippen LogP) is 2.29. The number of carbonyl (C=O) groups is 2. The molecular weight excluding hydrogens is 242 g/mol. The van der Waals surface area contributed by atoms with Crippen molar-refractivity contribution in [1.82, 2.24) is 5.32 Å². The first-order valence-electron chi connectivity index (χ1n) is 6.58. The van der Waals surface area contributed by atoms with E-state index in [0.717, 1.165) is 24.0 Å². The first-order valence-corrected chi connectivity index (χ1v) is 6.58. The molecule has 0 aliphatic heterocycles. The highest BCUT2D eigenvalue weighted by Crippen LogP contribution is 2.33. The fourth-order valence-electron chi connectivity index (χ4n) is 2.12. The number of carbonyl (C=O) groups excluding carboxylic acids is 1. The second kappa shape index (κ2) is 5.43. The molecule has 1 amide bonds. The largest absolute Gasteiger partial charge is 0.480 e. The van der Waals surface area contributed by atoms with E-state index in [4.69, 9.17) is 5.11 Å². The highest BCUT2D eigenvalue weighted by Gasteiger charge is 2.30. The van der Waals surface area contributed by atoms with E-state index in [9.17, 15) is 9.59 Å². The lowest BCUT2D eigenvalue weighted by Crippen LogP contribution is -2.41. The quantitative estimate of drug-likeness (QED) is 0.854. The van der Waals surface area contributed by atoms with Gasteiger partial charge in [-0.3, -0.25) is 4.79 Å². The van der Waals surface area contributed by atoms with Gasteiger partial charge in [0.25, 0.3) is 5.91 Å². The molecule has 0 aromatic heterocycles. The van der Waals surface area contributed by atoms with Crippen molar-refractivity contribution in [2.75, 3.05) is 0 Å². The van der Waals surface area contributed by atoms with Gasteiger partial charge < -0.3 is 10.4 Å².